The van der Waals surface area contributed by atoms with Gasteiger partial charge in [-0.15, -0.1) is 11.8 Å². The monoisotopic (exact) mass is 350 g/mol. The lowest BCUT2D eigenvalue weighted by Gasteiger charge is -2.40. The lowest BCUT2D eigenvalue weighted by atomic mass is 9.75. The standard InChI is InChI=1S/C21H22N2OS/c1-20(2)17-6-4-5-7-18(17)23-14-19(24)22-21(20,23)13-12-15-8-10-16(25-3)11-9-15/h4-13H,14H2,1-3H3,(H,22,24)/b13-12+/t21-/m1/s1. The SMILES string of the molecule is CSc1ccc(/C=C/[C@@]23NC(=O)CN2c2ccccc2C3(C)C)cc1. The molecule has 2 aliphatic heterocycles. The molecule has 1 amide bonds. The molecule has 0 spiro atoms. The van der Waals surface area contributed by atoms with Crippen LogP contribution in [0.2, 0.25) is 0 Å². The number of fused-ring (bicyclic) bond motifs is 3. The maximum absolute atomic E-state index is 12.3. The zero-order chi connectivity index (χ0) is 17.7. The van der Waals surface area contributed by atoms with E-state index in [-0.39, 0.29) is 11.3 Å². The molecule has 0 aliphatic carbocycles. The minimum absolute atomic E-state index is 0.0740. The van der Waals surface area contributed by atoms with Gasteiger partial charge in [-0.3, -0.25) is 4.79 Å². The molecule has 2 aliphatic rings. The molecule has 0 bridgehead atoms. The second-order valence-corrected chi connectivity index (χ2v) is 8.03. The Morgan fingerprint density at radius 3 is 2.56 bits per heavy atom. The minimum atomic E-state index is -0.522. The molecule has 0 saturated carbocycles. The number of hydrogen-bond acceptors (Lipinski definition) is 3. The topological polar surface area (TPSA) is 32.3 Å². The summed E-state index contributed by atoms with van der Waals surface area (Å²) in [6.07, 6.45) is 6.36. The molecule has 1 fully saturated rings. The highest BCUT2D eigenvalue weighted by molar-refractivity contribution is 7.98. The Bertz CT molecular complexity index is 856. The zero-order valence-corrected chi connectivity index (χ0v) is 15.6. The fourth-order valence-corrected chi connectivity index (χ4v) is 4.48. The number of benzene rings is 2. The molecular weight excluding hydrogens is 328 g/mol. The Morgan fingerprint density at radius 1 is 1.12 bits per heavy atom. The van der Waals surface area contributed by atoms with Crippen LogP contribution in [0.25, 0.3) is 6.08 Å². The first kappa shape index (κ1) is 16.3. The molecule has 1 atom stereocenters. The fraction of sp³-hybridized carbons (Fsp3) is 0.286. The van der Waals surface area contributed by atoms with E-state index in [0.717, 1.165) is 11.3 Å². The van der Waals surface area contributed by atoms with Crippen molar-refractivity contribution in [3.8, 4) is 0 Å². The van der Waals surface area contributed by atoms with Crippen molar-refractivity contribution < 1.29 is 4.79 Å². The Hall–Kier alpha value is -2.20. The zero-order valence-electron chi connectivity index (χ0n) is 14.7. The van der Waals surface area contributed by atoms with Gasteiger partial charge >= 0.3 is 0 Å². The number of hydrogen-bond donors (Lipinski definition) is 1. The van der Waals surface area contributed by atoms with E-state index in [0.29, 0.717) is 6.54 Å². The second kappa shape index (κ2) is 5.67. The van der Waals surface area contributed by atoms with Crippen LogP contribution in [0, 0.1) is 0 Å². The predicted octanol–water partition coefficient (Wildman–Crippen LogP) is 4.05. The highest BCUT2D eigenvalue weighted by Crippen LogP contribution is 2.52. The second-order valence-electron chi connectivity index (χ2n) is 7.15. The van der Waals surface area contributed by atoms with Gasteiger partial charge in [-0.25, -0.2) is 0 Å². The lowest BCUT2D eigenvalue weighted by Crippen LogP contribution is -2.58. The fourth-order valence-electron chi connectivity index (χ4n) is 4.07. The van der Waals surface area contributed by atoms with Crippen molar-refractivity contribution in [3.05, 3.63) is 65.7 Å². The smallest absolute Gasteiger partial charge is 0.241 e. The molecule has 1 saturated heterocycles. The number of thioether (sulfide) groups is 1. The van der Waals surface area contributed by atoms with Crippen molar-refractivity contribution in [3.63, 3.8) is 0 Å². The molecular formula is C21H22N2OS. The van der Waals surface area contributed by atoms with Crippen LogP contribution in [0.3, 0.4) is 0 Å². The van der Waals surface area contributed by atoms with Gasteiger partial charge in [0.05, 0.1) is 6.54 Å². The highest BCUT2D eigenvalue weighted by atomic mass is 32.2. The van der Waals surface area contributed by atoms with Crippen LogP contribution in [0.5, 0.6) is 0 Å². The summed E-state index contributed by atoms with van der Waals surface area (Å²) in [5.74, 6) is 0.0740. The van der Waals surface area contributed by atoms with Crippen molar-refractivity contribution in [2.75, 3.05) is 17.7 Å². The van der Waals surface area contributed by atoms with Gasteiger partial charge in [0.2, 0.25) is 5.91 Å². The molecule has 25 heavy (non-hydrogen) atoms. The maximum atomic E-state index is 12.3. The maximum Gasteiger partial charge on any atom is 0.241 e. The van der Waals surface area contributed by atoms with Crippen molar-refractivity contribution in [2.45, 2.75) is 29.8 Å². The third-order valence-corrected chi connectivity index (χ3v) is 6.25. The van der Waals surface area contributed by atoms with Gasteiger partial charge in [0.25, 0.3) is 0 Å². The first-order valence-corrected chi connectivity index (χ1v) is 9.72. The predicted molar refractivity (Wildman–Crippen MR) is 105 cm³/mol. The Morgan fingerprint density at radius 2 is 1.84 bits per heavy atom. The van der Waals surface area contributed by atoms with Crippen LogP contribution in [-0.2, 0) is 10.2 Å². The van der Waals surface area contributed by atoms with E-state index in [1.807, 2.05) is 6.07 Å². The molecule has 2 heterocycles. The highest BCUT2D eigenvalue weighted by Gasteiger charge is 2.59. The van der Waals surface area contributed by atoms with E-state index in [4.69, 9.17) is 0 Å². The van der Waals surface area contributed by atoms with Crippen molar-refractivity contribution in [1.29, 1.82) is 0 Å². The molecule has 2 aromatic carbocycles. The van der Waals surface area contributed by atoms with Gasteiger partial charge in [-0.05, 0) is 41.7 Å². The number of para-hydroxylation sites is 1. The van der Waals surface area contributed by atoms with Crippen LogP contribution >= 0.6 is 11.8 Å². The quantitative estimate of drug-likeness (QED) is 0.848. The normalized spacial score (nSPS) is 23.6. The van der Waals surface area contributed by atoms with E-state index in [1.165, 1.54) is 10.5 Å². The lowest BCUT2D eigenvalue weighted by molar-refractivity contribution is -0.118. The molecule has 128 valence electrons. The molecule has 0 aromatic heterocycles. The van der Waals surface area contributed by atoms with E-state index >= 15 is 0 Å². The summed E-state index contributed by atoms with van der Waals surface area (Å²) in [5, 5.41) is 3.26. The third kappa shape index (κ3) is 2.31. The number of carbonyl (C=O) groups is 1. The Labute approximate surface area is 153 Å². The van der Waals surface area contributed by atoms with Crippen LogP contribution in [0.15, 0.2) is 59.5 Å². The van der Waals surface area contributed by atoms with Crippen LogP contribution in [-0.4, -0.2) is 24.4 Å². The van der Waals surface area contributed by atoms with Gasteiger partial charge in [-0.1, -0.05) is 50.3 Å². The number of rotatable bonds is 3. The molecule has 4 heteroatoms. The number of nitrogens with zero attached hydrogens (tertiary/aromatic N) is 1. The van der Waals surface area contributed by atoms with Crippen LogP contribution < -0.4 is 10.2 Å². The molecule has 0 unspecified atom stereocenters. The average molecular weight is 350 g/mol. The van der Waals surface area contributed by atoms with Gasteiger partial charge in [0.15, 0.2) is 0 Å². The number of nitrogens with one attached hydrogen (secondary N) is 1. The van der Waals surface area contributed by atoms with Crippen molar-refractivity contribution >= 4 is 29.4 Å². The van der Waals surface area contributed by atoms with E-state index in [2.05, 4.69) is 84.9 Å². The summed E-state index contributed by atoms with van der Waals surface area (Å²) in [6.45, 7) is 4.81. The largest absolute Gasteiger partial charge is 0.335 e. The summed E-state index contributed by atoms with van der Waals surface area (Å²) < 4.78 is 0. The molecule has 1 N–H and O–H groups in total. The average Bonchev–Trinajstić information content (AvgIpc) is 3.05. The molecule has 0 radical (unpaired) electrons. The van der Waals surface area contributed by atoms with Gasteiger partial charge in [-0.2, -0.15) is 0 Å². The summed E-state index contributed by atoms with van der Waals surface area (Å²) in [4.78, 5) is 15.7. The van der Waals surface area contributed by atoms with Crippen LogP contribution in [0.4, 0.5) is 5.69 Å². The molecule has 3 nitrogen and oxygen atoms in total. The van der Waals surface area contributed by atoms with Gasteiger partial charge < -0.3 is 10.2 Å². The summed E-state index contributed by atoms with van der Waals surface area (Å²) in [6, 6.07) is 16.9. The summed E-state index contributed by atoms with van der Waals surface area (Å²) in [5.41, 5.74) is 2.82. The van der Waals surface area contributed by atoms with Gasteiger partial charge in [0.1, 0.15) is 5.66 Å². The van der Waals surface area contributed by atoms with Crippen LogP contribution in [0.1, 0.15) is 25.0 Å². The van der Waals surface area contributed by atoms with E-state index in [9.17, 15) is 4.79 Å². The molecule has 4 rings (SSSR count). The number of carbonyl (C=O) groups excluding carboxylic acids is 1. The summed E-state index contributed by atoms with van der Waals surface area (Å²) >= 11 is 1.74. The number of amides is 1. The van der Waals surface area contributed by atoms with Gasteiger partial charge in [0, 0.05) is 16.0 Å². The first-order chi connectivity index (χ1) is 12.0. The first-order valence-electron chi connectivity index (χ1n) is 8.49. The summed E-state index contributed by atoms with van der Waals surface area (Å²) in [7, 11) is 0. The van der Waals surface area contributed by atoms with Crippen molar-refractivity contribution in [2.24, 2.45) is 0 Å². The van der Waals surface area contributed by atoms with E-state index in [1.54, 1.807) is 11.8 Å². The minimum Gasteiger partial charge on any atom is -0.335 e. The Kier molecular flexibility index (Phi) is 3.69. The third-order valence-electron chi connectivity index (χ3n) is 5.51. The van der Waals surface area contributed by atoms with E-state index < -0.39 is 5.66 Å². The molecule has 2 aromatic rings. The number of anilines is 1. The Balaban J connectivity index is 1.78. The van der Waals surface area contributed by atoms with Crippen molar-refractivity contribution in [1.82, 2.24) is 5.32 Å².